The van der Waals surface area contributed by atoms with E-state index >= 15 is 0 Å². The van der Waals surface area contributed by atoms with Crippen LogP contribution in [0.25, 0.3) is 0 Å². The molecule has 1 atom stereocenters. The van der Waals surface area contributed by atoms with E-state index in [1.807, 2.05) is 29.1 Å². The molecule has 0 aliphatic heterocycles. The molecule has 4 nitrogen and oxygen atoms in total. The Hall–Kier alpha value is -1.52. The zero-order valence-electron chi connectivity index (χ0n) is 12.2. The first kappa shape index (κ1) is 15.4. The number of benzene rings is 1. The molecule has 3 rings (SSSR count). The molecule has 0 bridgehead atoms. The Morgan fingerprint density at radius 2 is 2.14 bits per heavy atom. The highest BCUT2D eigenvalue weighted by Gasteiger charge is 2.28. The van der Waals surface area contributed by atoms with Gasteiger partial charge in [0.1, 0.15) is 0 Å². The van der Waals surface area contributed by atoms with Crippen LogP contribution in [0.1, 0.15) is 23.2 Å². The summed E-state index contributed by atoms with van der Waals surface area (Å²) in [6, 6.07) is 5.48. The van der Waals surface area contributed by atoms with Crippen LogP contribution in [-0.4, -0.2) is 22.9 Å². The van der Waals surface area contributed by atoms with Gasteiger partial charge >= 0.3 is 5.97 Å². The average Bonchev–Trinajstić information content (AvgIpc) is 2.92. The van der Waals surface area contributed by atoms with Gasteiger partial charge in [0.05, 0.1) is 25.8 Å². The summed E-state index contributed by atoms with van der Waals surface area (Å²) in [6.45, 7) is 0.538. The first-order valence-corrected chi connectivity index (χ1v) is 7.90. The summed E-state index contributed by atoms with van der Waals surface area (Å²) >= 11 is 12.5. The van der Waals surface area contributed by atoms with E-state index in [9.17, 15) is 4.79 Å². The predicted molar refractivity (Wildman–Crippen MR) is 85.3 cm³/mol. The maximum Gasteiger partial charge on any atom is 0.309 e. The zero-order valence-corrected chi connectivity index (χ0v) is 13.7. The van der Waals surface area contributed by atoms with Crippen molar-refractivity contribution in [1.82, 2.24) is 9.78 Å². The van der Waals surface area contributed by atoms with Crippen LogP contribution in [0.15, 0.2) is 24.4 Å². The minimum Gasteiger partial charge on any atom is -0.469 e. The quantitative estimate of drug-likeness (QED) is 0.804. The van der Waals surface area contributed by atoms with E-state index in [0.717, 1.165) is 29.7 Å². The Morgan fingerprint density at radius 3 is 2.82 bits per heavy atom. The van der Waals surface area contributed by atoms with Crippen molar-refractivity contribution in [3.63, 3.8) is 0 Å². The standard InChI is InChI=1S/C16H16Cl2N2O2/c1-22-16(21)10-5-6-15-11(7-10)8-19-20(15)9-12-13(17)3-2-4-14(12)18/h2-4,8,10H,5-7,9H2,1H3/t10-/m1/s1. The smallest absolute Gasteiger partial charge is 0.309 e. The molecule has 0 fully saturated rings. The van der Waals surface area contributed by atoms with E-state index in [0.29, 0.717) is 23.0 Å². The van der Waals surface area contributed by atoms with E-state index < -0.39 is 0 Å². The third kappa shape index (κ3) is 2.85. The van der Waals surface area contributed by atoms with Crippen LogP contribution in [-0.2, 0) is 28.9 Å². The number of hydrogen-bond donors (Lipinski definition) is 0. The monoisotopic (exact) mass is 338 g/mol. The number of hydrogen-bond acceptors (Lipinski definition) is 3. The van der Waals surface area contributed by atoms with Crippen molar-refractivity contribution >= 4 is 29.2 Å². The normalized spacial score (nSPS) is 17.1. The molecule has 1 aliphatic rings. The number of aromatic nitrogens is 2. The van der Waals surface area contributed by atoms with Gasteiger partial charge in [-0.3, -0.25) is 9.48 Å². The van der Waals surface area contributed by atoms with Crippen LogP contribution in [0, 0.1) is 5.92 Å². The van der Waals surface area contributed by atoms with Gasteiger partial charge in [-0.1, -0.05) is 29.3 Å². The van der Waals surface area contributed by atoms with Gasteiger partial charge < -0.3 is 4.74 Å². The summed E-state index contributed by atoms with van der Waals surface area (Å²) in [5, 5.41) is 5.72. The molecule has 0 amide bonds. The van der Waals surface area contributed by atoms with Crippen LogP contribution in [0.2, 0.25) is 10.0 Å². The summed E-state index contributed by atoms with van der Waals surface area (Å²) in [5.74, 6) is -0.216. The first-order chi connectivity index (χ1) is 10.6. The largest absolute Gasteiger partial charge is 0.469 e. The van der Waals surface area contributed by atoms with Crippen molar-refractivity contribution in [2.75, 3.05) is 7.11 Å². The van der Waals surface area contributed by atoms with E-state index in [1.165, 1.54) is 7.11 Å². The lowest BCUT2D eigenvalue weighted by Gasteiger charge is -2.21. The van der Waals surface area contributed by atoms with Crippen molar-refractivity contribution in [1.29, 1.82) is 0 Å². The summed E-state index contributed by atoms with van der Waals surface area (Å²) < 4.78 is 6.76. The fraction of sp³-hybridized carbons (Fsp3) is 0.375. The molecule has 22 heavy (non-hydrogen) atoms. The average molecular weight is 339 g/mol. The van der Waals surface area contributed by atoms with Gasteiger partial charge in [0, 0.05) is 21.3 Å². The van der Waals surface area contributed by atoms with Gasteiger partial charge in [0.25, 0.3) is 0 Å². The molecular formula is C16H16Cl2N2O2. The summed E-state index contributed by atoms with van der Waals surface area (Å²) in [4.78, 5) is 11.7. The van der Waals surface area contributed by atoms with Gasteiger partial charge in [-0.25, -0.2) is 0 Å². The SMILES string of the molecule is COC(=O)[C@@H]1CCc2c(cnn2Cc2c(Cl)cccc2Cl)C1. The van der Waals surface area contributed by atoms with E-state index in [4.69, 9.17) is 27.9 Å². The van der Waals surface area contributed by atoms with Crippen LogP contribution < -0.4 is 0 Å². The number of carbonyl (C=O) groups excluding carboxylic acids is 1. The van der Waals surface area contributed by atoms with Crippen molar-refractivity contribution in [3.8, 4) is 0 Å². The lowest BCUT2D eigenvalue weighted by molar-refractivity contribution is -0.145. The Morgan fingerprint density at radius 1 is 1.41 bits per heavy atom. The second-order valence-electron chi connectivity index (χ2n) is 5.44. The van der Waals surface area contributed by atoms with E-state index in [-0.39, 0.29) is 11.9 Å². The van der Waals surface area contributed by atoms with Crippen LogP contribution in [0.5, 0.6) is 0 Å². The minimum absolute atomic E-state index is 0.0703. The zero-order chi connectivity index (χ0) is 15.7. The lowest BCUT2D eigenvalue weighted by Crippen LogP contribution is -2.24. The molecule has 116 valence electrons. The summed E-state index contributed by atoms with van der Waals surface area (Å²) in [6.07, 6.45) is 4.09. The van der Waals surface area contributed by atoms with Crippen LogP contribution in [0.4, 0.5) is 0 Å². The summed E-state index contributed by atoms with van der Waals surface area (Å²) in [5.41, 5.74) is 3.12. The number of nitrogens with zero attached hydrogens (tertiary/aromatic N) is 2. The van der Waals surface area contributed by atoms with Gasteiger partial charge in [0.15, 0.2) is 0 Å². The number of carbonyl (C=O) groups is 1. The molecule has 1 aliphatic carbocycles. The molecule has 0 saturated heterocycles. The van der Waals surface area contributed by atoms with Crippen LogP contribution in [0.3, 0.4) is 0 Å². The van der Waals surface area contributed by atoms with Crippen molar-refractivity contribution in [2.45, 2.75) is 25.8 Å². The van der Waals surface area contributed by atoms with Gasteiger partial charge in [-0.05, 0) is 37.0 Å². The molecule has 1 heterocycles. The number of rotatable bonds is 3. The molecule has 0 N–H and O–H groups in total. The van der Waals surface area contributed by atoms with Gasteiger partial charge in [0.2, 0.25) is 0 Å². The molecule has 0 radical (unpaired) electrons. The van der Waals surface area contributed by atoms with E-state index in [2.05, 4.69) is 5.10 Å². The summed E-state index contributed by atoms with van der Waals surface area (Å²) in [7, 11) is 1.43. The number of fused-ring (bicyclic) bond motifs is 1. The molecule has 0 saturated carbocycles. The Balaban J connectivity index is 1.84. The lowest BCUT2D eigenvalue weighted by atomic mass is 9.88. The molecule has 1 aromatic carbocycles. The Kier molecular flexibility index (Phi) is 4.41. The predicted octanol–water partition coefficient (Wildman–Crippen LogP) is 3.52. The second-order valence-corrected chi connectivity index (χ2v) is 6.25. The highest BCUT2D eigenvalue weighted by Crippen LogP contribution is 2.29. The highest BCUT2D eigenvalue weighted by molar-refractivity contribution is 6.35. The highest BCUT2D eigenvalue weighted by atomic mass is 35.5. The maximum atomic E-state index is 11.7. The van der Waals surface area contributed by atoms with Gasteiger partial charge in [-0.2, -0.15) is 5.10 Å². The van der Waals surface area contributed by atoms with Crippen molar-refractivity contribution in [3.05, 3.63) is 51.3 Å². The molecule has 6 heteroatoms. The Labute approximate surface area is 139 Å². The third-order valence-electron chi connectivity index (χ3n) is 4.14. The fourth-order valence-corrected chi connectivity index (χ4v) is 3.44. The number of ether oxygens (including phenoxy) is 1. The minimum atomic E-state index is -0.146. The second kappa shape index (κ2) is 6.31. The maximum absolute atomic E-state index is 11.7. The number of methoxy groups -OCH3 is 1. The third-order valence-corrected chi connectivity index (χ3v) is 4.84. The number of esters is 1. The molecule has 2 aromatic rings. The fourth-order valence-electron chi connectivity index (χ4n) is 2.93. The molecule has 0 unspecified atom stereocenters. The molecular weight excluding hydrogens is 323 g/mol. The van der Waals surface area contributed by atoms with Crippen molar-refractivity contribution in [2.24, 2.45) is 5.92 Å². The Bertz CT molecular complexity index is 692. The first-order valence-electron chi connectivity index (χ1n) is 7.14. The molecule has 0 spiro atoms. The van der Waals surface area contributed by atoms with Crippen molar-refractivity contribution < 1.29 is 9.53 Å². The van der Waals surface area contributed by atoms with Crippen LogP contribution >= 0.6 is 23.2 Å². The van der Waals surface area contributed by atoms with E-state index in [1.54, 1.807) is 0 Å². The topological polar surface area (TPSA) is 44.1 Å². The molecule has 1 aromatic heterocycles. The number of halogens is 2. The van der Waals surface area contributed by atoms with Gasteiger partial charge in [-0.15, -0.1) is 0 Å².